The molecule has 0 bridgehead atoms. The predicted molar refractivity (Wildman–Crippen MR) is 86.0 cm³/mol. The predicted octanol–water partition coefficient (Wildman–Crippen LogP) is 4.43. The molecule has 4 aliphatic carbocycles. The van der Waals surface area contributed by atoms with Gasteiger partial charge in [-0.2, -0.15) is 0 Å². The molecule has 0 aromatic rings. The Hall–Kier alpha value is -0.860. The van der Waals surface area contributed by atoms with Crippen molar-refractivity contribution in [1.29, 1.82) is 0 Å². The highest BCUT2D eigenvalue weighted by Gasteiger charge is 2.59. The molecule has 4 aliphatic rings. The van der Waals surface area contributed by atoms with Crippen molar-refractivity contribution in [1.82, 2.24) is 0 Å². The largest absolute Gasteiger partial charge is 0.411 e. The number of hydrogen-bond donors (Lipinski definition) is 1. The van der Waals surface area contributed by atoms with E-state index < -0.39 is 0 Å². The Bertz CT molecular complexity index is 528. The lowest BCUT2D eigenvalue weighted by molar-refractivity contribution is -0.136. The fourth-order valence-electron chi connectivity index (χ4n) is 7.00. The zero-order valence-electron chi connectivity index (χ0n) is 14.0. The highest BCUT2D eigenvalue weighted by Crippen LogP contribution is 2.65. The Balaban J connectivity index is 1.65. The first-order valence-corrected chi connectivity index (χ1v) is 9.22. The smallest absolute Gasteiger partial charge is 0.133 e. The molecule has 4 saturated carbocycles. The molecule has 4 rings (SSSR count). The summed E-state index contributed by atoms with van der Waals surface area (Å²) in [7, 11) is 0. The van der Waals surface area contributed by atoms with Crippen LogP contribution < -0.4 is 0 Å². The van der Waals surface area contributed by atoms with Crippen LogP contribution in [0.4, 0.5) is 0 Å². The molecule has 3 nitrogen and oxygen atoms in total. The Morgan fingerprint density at radius 3 is 2.64 bits per heavy atom. The summed E-state index contributed by atoms with van der Waals surface area (Å²) in [6.45, 7) is 4.83. The first kappa shape index (κ1) is 14.7. The number of ketones is 1. The van der Waals surface area contributed by atoms with E-state index in [9.17, 15) is 10.0 Å². The number of carbonyl (C=O) groups is 1. The second-order valence-electron chi connectivity index (χ2n) is 8.94. The van der Waals surface area contributed by atoms with Crippen molar-refractivity contribution in [3.63, 3.8) is 0 Å². The van der Waals surface area contributed by atoms with Crippen molar-refractivity contribution in [3.05, 3.63) is 0 Å². The minimum absolute atomic E-state index is 0.142. The van der Waals surface area contributed by atoms with Gasteiger partial charge in [0.15, 0.2) is 0 Å². The number of fused-ring (bicyclic) bond motifs is 5. The summed E-state index contributed by atoms with van der Waals surface area (Å²) in [5.74, 6) is 3.40. The van der Waals surface area contributed by atoms with Gasteiger partial charge in [0, 0.05) is 18.3 Å². The van der Waals surface area contributed by atoms with Crippen molar-refractivity contribution >= 4 is 11.5 Å². The van der Waals surface area contributed by atoms with Crippen LogP contribution in [0.2, 0.25) is 0 Å². The van der Waals surface area contributed by atoms with Gasteiger partial charge >= 0.3 is 0 Å². The van der Waals surface area contributed by atoms with E-state index in [-0.39, 0.29) is 5.41 Å². The molecule has 0 amide bonds. The third kappa shape index (κ3) is 1.80. The Morgan fingerprint density at radius 2 is 1.86 bits per heavy atom. The Kier molecular flexibility index (Phi) is 3.22. The van der Waals surface area contributed by atoms with E-state index in [1.165, 1.54) is 32.1 Å². The summed E-state index contributed by atoms with van der Waals surface area (Å²) < 4.78 is 0. The molecule has 0 aliphatic heterocycles. The number of rotatable bonds is 0. The summed E-state index contributed by atoms with van der Waals surface area (Å²) >= 11 is 0. The molecule has 0 aromatic heterocycles. The lowest BCUT2D eigenvalue weighted by Gasteiger charge is -2.59. The number of hydrogen-bond acceptors (Lipinski definition) is 3. The van der Waals surface area contributed by atoms with E-state index in [1.807, 2.05) is 0 Å². The summed E-state index contributed by atoms with van der Waals surface area (Å²) in [5, 5.41) is 13.0. The van der Waals surface area contributed by atoms with Crippen LogP contribution in [0, 0.1) is 34.5 Å². The second kappa shape index (κ2) is 4.82. The summed E-state index contributed by atoms with van der Waals surface area (Å²) in [4.78, 5) is 11.9. The first-order valence-electron chi connectivity index (χ1n) is 9.22. The van der Waals surface area contributed by atoms with Gasteiger partial charge in [-0.25, -0.2) is 0 Å². The van der Waals surface area contributed by atoms with Gasteiger partial charge in [-0.15, -0.1) is 0 Å². The molecular weight excluding hydrogens is 274 g/mol. The second-order valence-corrected chi connectivity index (χ2v) is 8.94. The fraction of sp³-hybridized carbons (Fsp3) is 0.895. The SMILES string of the molecule is C[C@]12CCC(=O)C[C@@H]1CC[C@@H]1[C@@H]2CC[C@]2(C)C(=NO)CC[C@@H]12. The zero-order valence-corrected chi connectivity index (χ0v) is 14.0. The lowest BCUT2D eigenvalue weighted by Crippen LogP contribution is -2.53. The van der Waals surface area contributed by atoms with Crippen molar-refractivity contribution in [3.8, 4) is 0 Å². The maximum absolute atomic E-state index is 11.9. The average Bonchev–Trinajstić information content (AvgIpc) is 2.84. The summed E-state index contributed by atoms with van der Waals surface area (Å²) in [6.07, 6.45) is 9.91. The molecule has 3 heteroatoms. The molecule has 0 radical (unpaired) electrons. The van der Waals surface area contributed by atoms with E-state index in [0.29, 0.717) is 23.0 Å². The standard InChI is InChI=1S/C19H29NO2/c1-18-9-7-13(21)11-12(18)3-4-14-15-5-6-17(20-22)19(15,2)10-8-16(14)18/h12,14-16,22H,3-11H2,1-2H3/t12-,14-,15-,16-,18-,19-/m0/s1. The maximum Gasteiger partial charge on any atom is 0.133 e. The number of carbonyl (C=O) groups excluding carboxylic acids is 1. The zero-order chi connectivity index (χ0) is 15.5. The third-order valence-corrected chi connectivity index (χ3v) is 8.34. The molecule has 0 aromatic carbocycles. The average molecular weight is 303 g/mol. The molecule has 0 spiro atoms. The van der Waals surface area contributed by atoms with Crippen LogP contribution in [-0.4, -0.2) is 16.7 Å². The van der Waals surface area contributed by atoms with Gasteiger partial charge in [-0.3, -0.25) is 4.79 Å². The Morgan fingerprint density at radius 1 is 1.05 bits per heavy atom. The molecular formula is C19H29NO2. The van der Waals surface area contributed by atoms with Gasteiger partial charge in [0.05, 0.1) is 5.71 Å². The van der Waals surface area contributed by atoms with E-state index in [1.54, 1.807) is 0 Å². The van der Waals surface area contributed by atoms with Gasteiger partial charge in [-0.1, -0.05) is 19.0 Å². The summed E-state index contributed by atoms with van der Waals surface area (Å²) in [6, 6.07) is 0. The highest BCUT2D eigenvalue weighted by atomic mass is 16.4. The lowest BCUT2D eigenvalue weighted by atomic mass is 9.45. The van der Waals surface area contributed by atoms with Crippen LogP contribution in [0.1, 0.15) is 71.6 Å². The van der Waals surface area contributed by atoms with E-state index in [2.05, 4.69) is 19.0 Å². The Labute approximate surface area is 133 Å². The van der Waals surface area contributed by atoms with E-state index in [4.69, 9.17) is 0 Å². The van der Waals surface area contributed by atoms with Crippen LogP contribution in [0.5, 0.6) is 0 Å². The van der Waals surface area contributed by atoms with Gasteiger partial charge < -0.3 is 5.21 Å². The first-order chi connectivity index (χ1) is 10.5. The van der Waals surface area contributed by atoms with Crippen molar-refractivity contribution in [2.24, 2.45) is 39.7 Å². The third-order valence-electron chi connectivity index (χ3n) is 8.34. The van der Waals surface area contributed by atoms with Crippen LogP contribution in [-0.2, 0) is 4.79 Å². The van der Waals surface area contributed by atoms with Crippen molar-refractivity contribution in [2.45, 2.75) is 71.6 Å². The topological polar surface area (TPSA) is 49.7 Å². The molecule has 0 unspecified atom stereocenters. The fourth-order valence-corrected chi connectivity index (χ4v) is 7.00. The normalized spacial score (nSPS) is 53.0. The quantitative estimate of drug-likeness (QED) is 0.531. The molecule has 1 N–H and O–H groups in total. The van der Waals surface area contributed by atoms with Crippen LogP contribution >= 0.6 is 0 Å². The number of nitrogens with zero attached hydrogens (tertiary/aromatic N) is 1. The van der Waals surface area contributed by atoms with Gasteiger partial charge in [0.1, 0.15) is 5.78 Å². The molecule has 122 valence electrons. The van der Waals surface area contributed by atoms with E-state index >= 15 is 0 Å². The minimum Gasteiger partial charge on any atom is -0.411 e. The molecule has 0 saturated heterocycles. The number of Topliss-reactive ketones (excluding diaryl/α,β-unsaturated/α-hetero) is 1. The molecule has 0 heterocycles. The minimum atomic E-state index is 0.142. The highest BCUT2D eigenvalue weighted by molar-refractivity contribution is 5.92. The maximum atomic E-state index is 11.9. The van der Waals surface area contributed by atoms with Gasteiger partial charge in [0.25, 0.3) is 0 Å². The van der Waals surface area contributed by atoms with Gasteiger partial charge in [0.2, 0.25) is 0 Å². The summed E-state index contributed by atoms with van der Waals surface area (Å²) in [5.41, 5.74) is 1.59. The van der Waals surface area contributed by atoms with Crippen molar-refractivity contribution < 1.29 is 10.0 Å². The van der Waals surface area contributed by atoms with Crippen LogP contribution in [0.25, 0.3) is 0 Å². The van der Waals surface area contributed by atoms with Crippen LogP contribution in [0.3, 0.4) is 0 Å². The molecule has 22 heavy (non-hydrogen) atoms. The monoisotopic (exact) mass is 303 g/mol. The molecule has 4 fully saturated rings. The van der Waals surface area contributed by atoms with Crippen molar-refractivity contribution in [2.75, 3.05) is 0 Å². The molecule has 6 atom stereocenters. The van der Waals surface area contributed by atoms with Gasteiger partial charge in [-0.05, 0) is 74.0 Å². The van der Waals surface area contributed by atoms with Crippen LogP contribution in [0.15, 0.2) is 5.16 Å². The van der Waals surface area contributed by atoms with E-state index in [0.717, 1.165) is 43.2 Å². The number of oxime groups is 1.